The van der Waals surface area contributed by atoms with Gasteiger partial charge in [-0.2, -0.15) is 5.10 Å². The molecule has 0 spiro atoms. The van der Waals surface area contributed by atoms with E-state index >= 15 is 0 Å². The molecule has 6 rings (SSSR count). The summed E-state index contributed by atoms with van der Waals surface area (Å²) in [5.41, 5.74) is 13.0. The van der Waals surface area contributed by atoms with Gasteiger partial charge in [0.1, 0.15) is 5.69 Å². The molecule has 9 nitrogen and oxygen atoms in total. The highest BCUT2D eigenvalue weighted by Crippen LogP contribution is 2.34. The zero-order valence-electron chi connectivity index (χ0n) is 17.7. The maximum absolute atomic E-state index is 5.92. The number of nitrogens with two attached hydrogens (primary N) is 1. The molecule has 1 fully saturated rings. The van der Waals surface area contributed by atoms with E-state index in [9.17, 15) is 0 Å². The van der Waals surface area contributed by atoms with E-state index in [1.54, 1.807) is 18.6 Å². The second kappa shape index (κ2) is 7.31. The Morgan fingerprint density at radius 2 is 1.69 bits per heavy atom. The number of aromatic nitrogens is 6. The van der Waals surface area contributed by atoms with Crippen LogP contribution in [0.5, 0.6) is 0 Å². The van der Waals surface area contributed by atoms with Gasteiger partial charge in [-0.15, -0.1) is 0 Å². The third kappa shape index (κ3) is 3.14. The van der Waals surface area contributed by atoms with Crippen LogP contribution in [0.4, 0.5) is 11.4 Å². The van der Waals surface area contributed by atoms with Gasteiger partial charge in [-0.05, 0) is 25.2 Å². The molecule has 5 aromatic heterocycles. The Hall–Kier alpha value is -3.98. The van der Waals surface area contributed by atoms with Gasteiger partial charge in [0.2, 0.25) is 0 Å². The number of fused-ring (bicyclic) bond motifs is 2. The number of nitrogens with one attached hydrogen (secondary N) is 2. The fourth-order valence-electron chi connectivity index (χ4n) is 4.35. The van der Waals surface area contributed by atoms with E-state index in [1.165, 1.54) is 0 Å². The first kappa shape index (κ1) is 18.8. The fourth-order valence-corrected chi connectivity index (χ4v) is 4.35. The molecule has 0 aromatic carbocycles. The minimum absolute atomic E-state index is 0.620. The van der Waals surface area contributed by atoms with Crippen molar-refractivity contribution in [3.63, 3.8) is 0 Å². The lowest BCUT2D eigenvalue weighted by Gasteiger charge is -2.34. The molecule has 0 saturated carbocycles. The van der Waals surface area contributed by atoms with Crippen LogP contribution in [0.25, 0.3) is 44.5 Å². The van der Waals surface area contributed by atoms with Crippen molar-refractivity contribution in [1.29, 1.82) is 0 Å². The summed E-state index contributed by atoms with van der Waals surface area (Å²) in [5, 5.41) is 9.70. The molecule has 0 unspecified atom stereocenters. The van der Waals surface area contributed by atoms with Gasteiger partial charge < -0.3 is 20.5 Å². The lowest BCUT2D eigenvalue weighted by molar-refractivity contribution is 0.313. The van der Waals surface area contributed by atoms with Crippen LogP contribution < -0.4 is 10.6 Å². The molecule has 9 heteroatoms. The number of H-pyrrole nitrogens is 2. The van der Waals surface area contributed by atoms with E-state index < -0.39 is 0 Å². The molecule has 1 aliphatic rings. The summed E-state index contributed by atoms with van der Waals surface area (Å²) in [6, 6.07) is 6.13. The number of aromatic amines is 2. The summed E-state index contributed by atoms with van der Waals surface area (Å²) < 4.78 is 0. The van der Waals surface area contributed by atoms with Gasteiger partial charge in [0.05, 0.1) is 35.0 Å². The molecule has 0 radical (unpaired) electrons. The molecule has 0 bridgehead atoms. The third-order valence-corrected chi connectivity index (χ3v) is 6.13. The van der Waals surface area contributed by atoms with Crippen LogP contribution in [-0.4, -0.2) is 68.3 Å². The van der Waals surface area contributed by atoms with E-state index in [-0.39, 0.29) is 0 Å². The van der Waals surface area contributed by atoms with Crippen molar-refractivity contribution >= 4 is 33.3 Å². The summed E-state index contributed by atoms with van der Waals surface area (Å²) >= 11 is 0. The molecule has 0 aliphatic carbocycles. The number of likely N-dealkylation sites (N-methyl/N-ethyl adjacent to an activating group) is 1. The largest absolute Gasteiger partial charge is 0.397 e. The zero-order valence-corrected chi connectivity index (χ0v) is 17.7. The predicted octanol–water partition coefficient (Wildman–Crippen LogP) is 2.90. The maximum atomic E-state index is 5.92. The first-order valence-electron chi connectivity index (χ1n) is 10.6. The van der Waals surface area contributed by atoms with Crippen molar-refractivity contribution in [2.75, 3.05) is 43.9 Å². The normalized spacial score (nSPS) is 15.1. The number of hydrogen-bond acceptors (Lipinski definition) is 7. The topological polar surface area (TPSA) is 116 Å². The molecular formula is C23H23N9. The van der Waals surface area contributed by atoms with Crippen LogP contribution in [-0.2, 0) is 0 Å². The number of pyridine rings is 3. The van der Waals surface area contributed by atoms with Gasteiger partial charge in [0, 0.05) is 66.7 Å². The highest BCUT2D eigenvalue weighted by molar-refractivity contribution is 5.99. The molecule has 6 heterocycles. The van der Waals surface area contributed by atoms with E-state index in [0.717, 1.165) is 76.3 Å². The van der Waals surface area contributed by atoms with Gasteiger partial charge >= 0.3 is 0 Å². The number of nitrogen functional groups attached to an aromatic ring is 1. The van der Waals surface area contributed by atoms with Gasteiger partial charge in [-0.25, -0.2) is 4.98 Å². The van der Waals surface area contributed by atoms with Crippen molar-refractivity contribution in [2.45, 2.75) is 0 Å². The average Bonchev–Trinajstić information content (AvgIpc) is 3.43. The minimum Gasteiger partial charge on any atom is -0.397 e. The molecule has 1 aliphatic heterocycles. The lowest BCUT2D eigenvalue weighted by Crippen LogP contribution is -2.44. The van der Waals surface area contributed by atoms with Crippen molar-refractivity contribution in [2.24, 2.45) is 0 Å². The van der Waals surface area contributed by atoms with Crippen molar-refractivity contribution < 1.29 is 0 Å². The molecule has 160 valence electrons. The Morgan fingerprint density at radius 3 is 2.53 bits per heavy atom. The first-order valence-corrected chi connectivity index (χ1v) is 10.6. The van der Waals surface area contributed by atoms with Crippen LogP contribution >= 0.6 is 0 Å². The second-order valence-corrected chi connectivity index (χ2v) is 8.29. The number of piperazine rings is 1. The molecule has 1 saturated heterocycles. The SMILES string of the molecule is CN1CCN(c2cncc3[nH]c(-c4n[nH]c5ncc(-c6cncc(N)c6)cc45)cc23)CC1. The second-order valence-electron chi connectivity index (χ2n) is 8.29. The monoisotopic (exact) mass is 425 g/mol. The number of anilines is 2. The van der Waals surface area contributed by atoms with Crippen LogP contribution in [0.2, 0.25) is 0 Å². The lowest BCUT2D eigenvalue weighted by atomic mass is 10.1. The molecule has 0 amide bonds. The minimum atomic E-state index is 0.620. The summed E-state index contributed by atoms with van der Waals surface area (Å²) in [4.78, 5) is 21.5. The molecule has 32 heavy (non-hydrogen) atoms. The Bertz CT molecular complexity index is 1430. The van der Waals surface area contributed by atoms with Crippen LogP contribution in [0.1, 0.15) is 0 Å². The highest BCUT2D eigenvalue weighted by atomic mass is 15.3. The number of nitrogens with zero attached hydrogens (tertiary/aromatic N) is 6. The molecular weight excluding hydrogens is 402 g/mol. The standard InChI is InChI=1S/C23H23N9/c1-31-2-4-32(5-3-31)21-13-26-12-20-17(21)8-19(28-20)22-18-7-15(10-27-23(18)30-29-22)14-6-16(24)11-25-9-14/h6-13,28H,2-5,24H2,1H3,(H,27,29,30). The summed E-state index contributed by atoms with van der Waals surface area (Å²) in [6.45, 7) is 4.07. The maximum Gasteiger partial charge on any atom is 0.155 e. The molecule has 5 aromatic rings. The predicted molar refractivity (Wildman–Crippen MR) is 126 cm³/mol. The zero-order chi connectivity index (χ0) is 21.7. The third-order valence-electron chi connectivity index (χ3n) is 6.13. The van der Waals surface area contributed by atoms with Gasteiger partial charge in [0.15, 0.2) is 5.65 Å². The Balaban J connectivity index is 1.44. The number of rotatable bonds is 3. The quantitative estimate of drug-likeness (QED) is 0.407. The molecule has 4 N–H and O–H groups in total. The van der Waals surface area contributed by atoms with Gasteiger partial charge in [0.25, 0.3) is 0 Å². The Labute approximate surface area is 184 Å². The summed E-state index contributed by atoms with van der Waals surface area (Å²) in [6.07, 6.45) is 9.06. The summed E-state index contributed by atoms with van der Waals surface area (Å²) in [5.74, 6) is 0. The van der Waals surface area contributed by atoms with Gasteiger partial charge in [-0.3, -0.25) is 15.1 Å². The highest BCUT2D eigenvalue weighted by Gasteiger charge is 2.19. The van der Waals surface area contributed by atoms with Gasteiger partial charge in [-0.1, -0.05) is 0 Å². The Kier molecular flexibility index (Phi) is 4.29. The van der Waals surface area contributed by atoms with Crippen molar-refractivity contribution in [3.8, 4) is 22.5 Å². The van der Waals surface area contributed by atoms with Crippen LogP contribution in [0.3, 0.4) is 0 Å². The van der Waals surface area contributed by atoms with Crippen LogP contribution in [0, 0.1) is 0 Å². The van der Waals surface area contributed by atoms with E-state index in [1.807, 2.05) is 18.5 Å². The van der Waals surface area contributed by atoms with E-state index in [2.05, 4.69) is 59.1 Å². The smallest absolute Gasteiger partial charge is 0.155 e. The molecule has 0 atom stereocenters. The van der Waals surface area contributed by atoms with Crippen LogP contribution in [0.15, 0.2) is 49.2 Å². The van der Waals surface area contributed by atoms with E-state index in [4.69, 9.17) is 5.73 Å². The fraction of sp³-hybridized carbons (Fsp3) is 0.217. The first-order chi connectivity index (χ1) is 15.7. The Morgan fingerprint density at radius 1 is 0.875 bits per heavy atom. The van der Waals surface area contributed by atoms with Crippen molar-refractivity contribution in [3.05, 3.63) is 49.2 Å². The summed E-state index contributed by atoms with van der Waals surface area (Å²) in [7, 11) is 2.16. The van der Waals surface area contributed by atoms with Crippen molar-refractivity contribution in [1.82, 2.24) is 35.0 Å². The van der Waals surface area contributed by atoms with E-state index in [0.29, 0.717) is 5.69 Å². The number of hydrogen-bond donors (Lipinski definition) is 3. The average molecular weight is 426 g/mol.